The van der Waals surface area contributed by atoms with Crippen LogP contribution in [0.15, 0.2) is 28.9 Å². The van der Waals surface area contributed by atoms with E-state index in [1.807, 2.05) is 12.1 Å². The SMILES string of the molecule is Cc1cccc(-c2nc(CN)co2)c1I. The Morgan fingerprint density at radius 3 is 2.93 bits per heavy atom. The van der Waals surface area contributed by atoms with E-state index in [0.717, 1.165) is 11.3 Å². The van der Waals surface area contributed by atoms with Crippen molar-refractivity contribution in [2.24, 2.45) is 5.73 Å². The molecule has 15 heavy (non-hydrogen) atoms. The third-order valence-corrected chi connectivity index (χ3v) is 3.61. The Hall–Kier alpha value is -0.880. The van der Waals surface area contributed by atoms with Crippen LogP contribution < -0.4 is 5.73 Å². The standard InChI is InChI=1S/C11H11IN2O/c1-7-3-2-4-9(10(7)12)11-14-8(5-13)6-15-11/h2-4,6H,5,13H2,1H3. The quantitative estimate of drug-likeness (QED) is 0.867. The summed E-state index contributed by atoms with van der Waals surface area (Å²) in [7, 11) is 0. The summed E-state index contributed by atoms with van der Waals surface area (Å²) in [6, 6.07) is 6.07. The maximum absolute atomic E-state index is 5.48. The first-order valence-corrected chi connectivity index (χ1v) is 5.70. The fourth-order valence-corrected chi connectivity index (χ4v) is 1.93. The van der Waals surface area contributed by atoms with E-state index in [-0.39, 0.29) is 0 Å². The van der Waals surface area contributed by atoms with Gasteiger partial charge in [0.1, 0.15) is 6.26 Å². The van der Waals surface area contributed by atoms with E-state index in [4.69, 9.17) is 10.2 Å². The summed E-state index contributed by atoms with van der Waals surface area (Å²) in [6.07, 6.45) is 1.60. The Balaban J connectivity index is 2.49. The molecule has 78 valence electrons. The Labute approximate surface area is 102 Å². The molecule has 0 aliphatic heterocycles. The van der Waals surface area contributed by atoms with E-state index in [2.05, 4.69) is 40.6 Å². The molecule has 0 bridgehead atoms. The van der Waals surface area contributed by atoms with E-state index in [1.54, 1.807) is 6.26 Å². The highest BCUT2D eigenvalue weighted by Crippen LogP contribution is 2.26. The number of aryl methyl sites for hydroxylation is 1. The number of aromatic nitrogens is 1. The third kappa shape index (κ3) is 2.05. The molecule has 0 spiro atoms. The van der Waals surface area contributed by atoms with Crippen LogP contribution in [0.25, 0.3) is 11.5 Å². The van der Waals surface area contributed by atoms with Gasteiger partial charge in [0.25, 0.3) is 0 Å². The number of rotatable bonds is 2. The van der Waals surface area contributed by atoms with Gasteiger partial charge in [-0.2, -0.15) is 0 Å². The molecule has 0 aliphatic carbocycles. The lowest BCUT2D eigenvalue weighted by molar-refractivity contribution is 0.572. The van der Waals surface area contributed by atoms with Gasteiger partial charge in [0, 0.05) is 10.1 Å². The number of nitrogens with zero attached hydrogens (tertiary/aromatic N) is 1. The number of halogens is 1. The summed E-state index contributed by atoms with van der Waals surface area (Å²) in [6.45, 7) is 2.48. The summed E-state index contributed by atoms with van der Waals surface area (Å²) >= 11 is 2.30. The first-order chi connectivity index (χ1) is 7.22. The van der Waals surface area contributed by atoms with Crippen molar-refractivity contribution in [2.45, 2.75) is 13.5 Å². The molecule has 0 atom stereocenters. The van der Waals surface area contributed by atoms with Gasteiger partial charge in [0.15, 0.2) is 0 Å². The molecule has 2 rings (SSSR count). The molecule has 3 nitrogen and oxygen atoms in total. The highest BCUT2D eigenvalue weighted by Gasteiger charge is 2.10. The fraction of sp³-hybridized carbons (Fsp3) is 0.182. The van der Waals surface area contributed by atoms with Crippen LogP contribution in [-0.2, 0) is 6.54 Å². The minimum atomic E-state index is 0.409. The van der Waals surface area contributed by atoms with Crippen LogP contribution in [0, 0.1) is 10.5 Å². The number of benzene rings is 1. The summed E-state index contributed by atoms with van der Waals surface area (Å²) in [4.78, 5) is 4.30. The molecular weight excluding hydrogens is 303 g/mol. The Morgan fingerprint density at radius 2 is 2.27 bits per heavy atom. The van der Waals surface area contributed by atoms with Crippen LogP contribution in [0.3, 0.4) is 0 Å². The average molecular weight is 314 g/mol. The first kappa shape index (κ1) is 10.6. The molecule has 2 N–H and O–H groups in total. The Morgan fingerprint density at radius 1 is 1.47 bits per heavy atom. The molecule has 0 saturated carbocycles. The minimum absolute atomic E-state index is 0.409. The van der Waals surface area contributed by atoms with Crippen molar-refractivity contribution in [1.82, 2.24) is 4.98 Å². The Bertz CT molecular complexity index is 479. The predicted octanol–water partition coefficient (Wildman–Crippen LogP) is 2.71. The molecule has 0 amide bonds. The normalized spacial score (nSPS) is 10.6. The molecule has 0 radical (unpaired) electrons. The van der Waals surface area contributed by atoms with Gasteiger partial charge in [0.05, 0.1) is 11.3 Å². The highest BCUT2D eigenvalue weighted by atomic mass is 127. The molecule has 0 unspecified atom stereocenters. The van der Waals surface area contributed by atoms with Gasteiger partial charge in [-0.25, -0.2) is 4.98 Å². The summed E-state index contributed by atoms with van der Waals surface area (Å²) < 4.78 is 6.55. The van der Waals surface area contributed by atoms with Gasteiger partial charge in [-0.15, -0.1) is 0 Å². The highest BCUT2D eigenvalue weighted by molar-refractivity contribution is 14.1. The van der Waals surface area contributed by atoms with E-state index >= 15 is 0 Å². The van der Waals surface area contributed by atoms with Crippen LogP contribution in [0.1, 0.15) is 11.3 Å². The van der Waals surface area contributed by atoms with Gasteiger partial charge < -0.3 is 10.2 Å². The van der Waals surface area contributed by atoms with Crippen LogP contribution in [-0.4, -0.2) is 4.98 Å². The minimum Gasteiger partial charge on any atom is -0.444 e. The molecule has 1 aromatic heterocycles. The monoisotopic (exact) mass is 314 g/mol. The first-order valence-electron chi connectivity index (χ1n) is 4.62. The molecule has 2 aromatic rings. The van der Waals surface area contributed by atoms with Crippen molar-refractivity contribution in [3.8, 4) is 11.5 Å². The lowest BCUT2D eigenvalue weighted by Gasteiger charge is -2.02. The molecule has 4 heteroatoms. The molecule has 0 aliphatic rings. The van der Waals surface area contributed by atoms with Crippen LogP contribution in [0.2, 0.25) is 0 Å². The second-order valence-corrected chi connectivity index (χ2v) is 4.36. The lowest BCUT2D eigenvalue weighted by atomic mass is 10.1. The van der Waals surface area contributed by atoms with Crippen molar-refractivity contribution in [3.05, 3.63) is 39.3 Å². The average Bonchev–Trinajstić information content (AvgIpc) is 2.70. The summed E-state index contributed by atoms with van der Waals surface area (Å²) in [5.74, 6) is 0.642. The van der Waals surface area contributed by atoms with Gasteiger partial charge in [0.2, 0.25) is 5.89 Å². The zero-order valence-corrected chi connectivity index (χ0v) is 10.5. The Kier molecular flexibility index (Phi) is 3.06. The molecule has 0 saturated heterocycles. The molecule has 0 fully saturated rings. The van der Waals surface area contributed by atoms with Crippen molar-refractivity contribution in [2.75, 3.05) is 0 Å². The fourth-order valence-electron chi connectivity index (χ4n) is 1.34. The van der Waals surface area contributed by atoms with E-state index in [0.29, 0.717) is 12.4 Å². The van der Waals surface area contributed by atoms with E-state index < -0.39 is 0 Å². The van der Waals surface area contributed by atoms with Crippen LogP contribution in [0.5, 0.6) is 0 Å². The molecule has 1 aromatic carbocycles. The third-order valence-electron chi connectivity index (χ3n) is 2.18. The number of hydrogen-bond donors (Lipinski definition) is 1. The number of hydrogen-bond acceptors (Lipinski definition) is 3. The largest absolute Gasteiger partial charge is 0.444 e. The van der Waals surface area contributed by atoms with Crippen molar-refractivity contribution < 1.29 is 4.42 Å². The zero-order chi connectivity index (χ0) is 10.8. The molecular formula is C11H11IN2O. The van der Waals surface area contributed by atoms with Crippen molar-refractivity contribution in [3.63, 3.8) is 0 Å². The van der Waals surface area contributed by atoms with E-state index in [1.165, 1.54) is 9.13 Å². The van der Waals surface area contributed by atoms with Crippen molar-refractivity contribution in [1.29, 1.82) is 0 Å². The maximum Gasteiger partial charge on any atom is 0.227 e. The van der Waals surface area contributed by atoms with Crippen molar-refractivity contribution >= 4 is 22.6 Å². The number of nitrogens with two attached hydrogens (primary N) is 1. The predicted molar refractivity (Wildman–Crippen MR) is 67.3 cm³/mol. The number of oxazole rings is 1. The van der Waals surface area contributed by atoms with Gasteiger partial charge >= 0.3 is 0 Å². The second kappa shape index (κ2) is 4.32. The van der Waals surface area contributed by atoms with Gasteiger partial charge in [-0.1, -0.05) is 12.1 Å². The van der Waals surface area contributed by atoms with Crippen LogP contribution >= 0.6 is 22.6 Å². The zero-order valence-electron chi connectivity index (χ0n) is 8.33. The lowest BCUT2D eigenvalue weighted by Crippen LogP contribution is -1.96. The second-order valence-electron chi connectivity index (χ2n) is 3.28. The van der Waals surface area contributed by atoms with Crippen LogP contribution in [0.4, 0.5) is 0 Å². The van der Waals surface area contributed by atoms with Gasteiger partial charge in [-0.3, -0.25) is 0 Å². The smallest absolute Gasteiger partial charge is 0.227 e. The molecule has 1 heterocycles. The van der Waals surface area contributed by atoms with E-state index in [9.17, 15) is 0 Å². The summed E-state index contributed by atoms with van der Waals surface area (Å²) in [5, 5.41) is 0. The topological polar surface area (TPSA) is 52.0 Å². The maximum atomic E-state index is 5.48. The van der Waals surface area contributed by atoms with Gasteiger partial charge in [-0.05, 0) is 41.1 Å². The summed E-state index contributed by atoms with van der Waals surface area (Å²) in [5.41, 5.74) is 8.51.